The largest absolute Gasteiger partial charge is 0.358 e. The molecule has 0 aliphatic rings. The molecule has 5 nitrogen and oxygen atoms in total. The molecule has 0 spiro atoms. The molecule has 0 saturated heterocycles. The minimum Gasteiger partial charge on any atom is -0.358 e. The molecule has 2 heterocycles. The van der Waals surface area contributed by atoms with Gasteiger partial charge in [-0.15, -0.1) is 0 Å². The maximum absolute atomic E-state index is 12.2. The van der Waals surface area contributed by atoms with Gasteiger partial charge < -0.3 is 10.3 Å². The fourth-order valence-electron chi connectivity index (χ4n) is 2.59. The van der Waals surface area contributed by atoms with Gasteiger partial charge in [0.05, 0.1) is 12.2 Å². The van der Waals surface area contributed by atoms with Crippen LogP contribution in [0.1, 0.15) is 27.3 Å². The first-order valence-electron chi connectivity index (χ1n) is 7.42. The van der Waals surface area contributed by atoms with Crippen molar-refractivity contribution in [2.24, 2.45) is 0 Å². The lowest BCUT2D eigenvalue weighted by Gasteiger charge is -2.06. The molecule has 22 heavy (non-hydrogen) atoms. The first kappa shape index (κ1) is 14.4. The van der Waals surface area contributed by atoms with Gasteiger partial charge in [-0.25, -0.2) is 0 Å². The standard InChI is InChI=1S/C17H20N4O/c1-11-6-8-21(20-11)9-7-18-17(22)14-4-5-15-12(2)13(3)19-16(15)10-14/h4-6,8,10,19H,7,9H2,1-3H3,(H,18,22). The van der Waals surface area contributed by atoms with E-state index in [-0.39, 0.29) is 5.91 Å². The molecule has 3 rings (SSSR count). The van der Waals surface area contributed by atoms with Gasteiger partial charge in [-0.1, -0.05) is 6.07 Å². The highest BCUT2D eigenvalue weighted by Crippen LogP contribution is 2.22. The predicted octanol–water partition coefficient (Wildman–Crippen LogP) is 2.72. The summed E-state index contributed by atoms with van der Waals surface area (Å²) in [5.41, 5.74) is 5.03. The van der Waals surface area contributed by atoms with E-state index in [1.807, 2.05) is 49.0 Å². The Bertz CT molecular complexity index is 828. The van der Waals surface area contributed by atoms with Crippen LogP contribution in [-0.2, 0) is 6.54 Å². The Labute approximate surface area is 129 Å². The second kappa shape index (κ2) is 5.67. The summed E-state index contributed by atoms with van der Waals surface area (Å²) in [5.74, 6) is -0.0596. The van der Waals surface area contributed by atoms with Crippen LogP contribution in [0.4, 0.5) is 0 Å². The summed E-state index contributed by atoms with van der Waals surface area (Å²) in [6.45, 7) is 7.30. The van der Waals surface area contributed by atoms with Crippen LogP contribution in [0.5, 0.6) is 0 Å². The zero-order valence-corrected chi connectivity index (χ0v) is 13.1. The molecule has 0 aliphatic heterocycles. The zero-order valence-electron chi connectivity index (χ0n) is 13.1. The molecule has 2 N–H and O–H groups in total. The van der Waals surface area contributed by atoms with Crippen molar-refractivity contribution in [3.63, 3.8) is 0 Å². The number of hydrogen-bond acceptors (Lipinski definition) is 2. The van der Waals surface area contributed by atoms with Crippen LogP contribution in [0.15, 0.2) is 30.5 Å². The number of H-pyrrole nitrogens is 1. The third-order valence-electron chi connectivity index (χ3n) is 3.97. The van der Waals surface area contributed by atoms with Gasteiger partial charge >= 0.3 is 0 Å². The number of amides is 1. The molecule has 0 saturated carbocycles. The van der Waals surface area contributed by atoms with Gasteiger partial charge in [0.2, 0.25) is 0 Å². The normalized spacial score (nSPS) is 11.0. The smallest absolute Gasteiger partial charge is 0.251 e. The minimum atomic E-state index is -0.0596. The van der Waals surface area contributed by atoms with E-state index in [2.05, 4.69) is 22.3 Å². The van der Waals surface area contributed by atoms with Gasteiger partial charge in [0.15, 0.2) is 0 Å². The quantitative estimate of drug-likeness (QED) is 0.777. The summed E-state index contributed by atoms with van der Waals surface area (Å²) in [6.07, 6.45) is 1.91. The predicted molar refractivity (Wildman–Crippen MR) is 87.1 cm³/mol. The molecule has 0 bridgehead atoms. The van der Waals surface area contributed by atoms with E-state index in [0.29, 0.717) is 18.7 Å². The number of fused-ring (bicyclic) bond motifs is 1. The molecule has 5 heteroatoms. The Morgan fingerprint density at radius 2 is 2.09 bits per heavy atom. The van der Waals surface area contributed by atoms with E-state index in [1.54, 1.807) is 0 Å². The summed E-state index contributed by atoms with van der Waals surface area (Å²) in [4.78, 5) is 15.5. The number of carbonyl (C=O) groups excluding carboxylic acids is 1. The van der Waals surface area contributed by atoms with Crippen LogP contribution < -0.4 is 5.32 Å². The number of nitrogens with zero attached hydrogens (tertiary/aromatic N) is 2. The Morgan fingerprint density at radius 1 is 1.27 bits per heavy atom. The lowest BCUT2D eigenvalue weighted by atomic mass is 10.1. The fourth-order valence-corrected chi connectivity index (χ4v) is 2.59. The van der Waals surface area contributed by atoms with E-state index < -0.39 is 0 Å². The van der Waals surface area contributed by atoms with Gasteiger partial charge in [-0.2, -0.15) is 5.10 Å². The number of hydrogen-bond donors (Lipinski definition) is 2. The minimum absolute atomic E-state index is 0.0596. The maximum atomic E-state index is 12.2. The molecular weight excluding hydrogens is 276 g/mol. The van der Waals surface area contributed by atoms with Crippen LogP contribution in [-0.4, -0.2) is 27.2 Å². The second-order valence-corrected chi connectivity index (χ2v) is 5.61. The number of aromatic nitrogens is 3. The van der Waals surface area contributed by atoms with E-state index in [4.69, 9.17) is 0 Å². The highest BCUT2D eigenvalue weighted by molar-refractivity contribution is 5.98. The number of benzene rings is 1. The Hall–Kier alpha value is -2.56. The molecule has 3 aromatic rings. The van der Waals surface area contributed by atoms with Crippen molar-refractivity contribution in [2.75, 3.05) is 6.54 Å². The van der Waals surface area contributed by atoms with Crippen molar-refractivity contribution in [1.82, 2.24) is 20.1 Å². The van der Waals surface area contributed by atoms with Crippen molar-refractivity contribution in [2.45, 2.75) is 27.3 Å². The molecular formula is C17H20N4O. The molecule has 0 radical (unpaired) electrons. The molecule has 1 amide bonds. The number of aromatic amines is 1. The number of carbonyl (C=O) groups is 1. The van der Waals surface area contributed by atoms with Crippen LogP contribution in [0, 0.1) is 20.8 Å². The van der Waals surface area contributed by atoms with E-state index in [9.17, 15) is 4.79 Å². The average molecular weight is 296 g/mol. The number of nitrogens with one attached hydrogen (secondary N) is 2. The van der Waals surface area contributed by atoms with Gasteiger partial charge in [-0.3, -0.25) is 9.48 Å². The highest BCUT2D eigenvalue weighted by atomic mass is 16.1. The van der Waals surface area contributed by atoms with Crippen molar-refractivity contribution in [1.29, 1.82) is 0 Å². The summed E-state index contributed by atoms with van der Waals surface area (Å²) >= 11 is 0. The van der Waals surface area contributed by atoms with Crippen molar-refractivity contribution >= 4 is 16.8 Å². The number of rotatable bonds is 4. The lowest BCUT2D eigenvalue weighted by molar-refractivity contribution is 0.0952. The van der Waals surface area contributed by atoms with Crippen LogP contribution in [0.2, 0.25) is 0 Å². The fraction of sp³-hybridized carbons (Fsp3) is 0.294. The maximum Gasteiger partial charge on any atom is 0.251 e. The van der Waals surface area contributed by atoms with Crippen molar-refractivity contribution in [3.8, 4) is 0 Å². The summed E-state index contributed by atoms with van der Waals surface area (Å²) in [5, 5.41) is 8.39. The van der Waals surface area contributed by atoms with Crippen LogP contribution in [0.3, 0.4) is 0 Å². The molecule has 114 valence electrons. The molecule has 0 unspecified atom stereocenters. The van der Waals surface area contributed by atoms with Crippen LogP contribution in [0.25, 0.3) is 10.9 Å². The molecule has 0 fully saturated rings. The first-order valence-corrected chi connectivity index (χ1v) is 7.42. The third kappa shape index (κ3) is 2.74. The first-order chi connectivity index (χ1) is 10.5. The average Bonchev–Trinajstić information content (AvgIpc) is 3.03. The monoisotopic (exact) mass is 296 g/mol. The van der Waals surface area contributed by atoms with Gasteiger partial charge in [-0.05, 0) is 44.5 Å². The van der Waals surface area contributed by atoms with Crippen molar-refractivity contribution in [3.05, 3.63) is 53.0 Å². The lowest BCUT2D eigenvalue weighted by Crippen LogP contribution is -2.27. The summed E-state index contributed by atoms with van der Waals surface area (Å²) < 4.78 is 1.83. The zero-order chi connectivity index (χ0) is 15.7. The Kier molecular flexibility index (Phi) is 3.71. The Morgan fingerprint density at radius 3 is 2.82 bits per heavy atom. The van der Waals surface area contributed by atoms with E-state index in [1.165, 1.54) is 10.9 Å². The molecule has 0 atom stereocenters. The molecule has 2 aromatic heterocycles. The second-order valence-electron chi connectivity index (χ2n) is 5.61. The number of aryl methyl sites for hydroxylation is 3. The SMILES string of the molecule is Cc1ccn(CCNC(=O)c2ccc3c(C)c(C)[nH]c3c2)n1. The van der Waals surface area contributed by atoms with Gasteiger partial charge in [0.25, 0.3) is 5.91 Å². The van der Waals surface area contributed by atoms with Crippen LogP contribution >= 0.6 is 0 Å². The van der Waals surface area contributed by atoms with Crippen molar-refractivity contribution < 1.29 is 4.79 Å². The Balaban J connectivity index is 1.67. The molecule has 1 aromatic carbocycles. The van der Waals surface area contributed by atoms with Gasteiger partial charge in [0, 0.05) is 34.9 Å². The summed E-state index contributed by atoms with van der Waals surface area (Å²) in [7, 11) is 0. The van der Waals surface area contributed by atoms with E-state index in [0.717, 1.165) is 16.9 Å². The summed E-state index contributed by atoms with van der Waals surface area (Å²) in [6, 6.07) is 7.73. The highest BCUT2D eigenvalue weighted by Gasteiger charge is 2.09. The van der Waals surface area contributed by atoms with Gasteiger partial charge in [0.1, 0.15) is 0 Å². The molecule has 0 aliphatic carbocycles. The topological polar surface area (TPSA) is 62.7 Å². The third-order valence-corrected chi connectivity index (χ3v) is 3.97. The van der Waals surface area contributed by atoms with E-state index >= 15 is 0 Å².